The lowest BCUT2D eigenvalue weighted by Gasteiger charge is -2.21. The van der Waals surface area contributed by atoms with Crippen LogP contribution in [0.2, 0.25) is 0 Å². The van der Waals surface area contributed by atoms with E-state index >= 15 is 0 Å². The number of halogens is 1. The van der Waals surface area contributed by atoms with Crippen molar-refractivity contribution in [1.29, 1.82) is 0 Å². The van der Waals surface area contributed by atoms with Gasteiger partial charge in [-0.3, -0.25) is 4.99 Å². The van der Waals surface area contributed by atoms with Crippen LogP contribution in [0.1, 0.15) is 45.4 Å². The quantitative estimate of drug-likeness (QED) is 0.264. The highest BCUT2D eigenvalue weighted by atomic mass is 127. The van der Waals surface area contributed by atoms with Crippen LogP contribution < -0.4 is 10.6 Å². The maximum absolute atomic E-state index is 5.89. The highest BCUT2D eigenvalue weighted by Crippen LogP contribution is 2.20. The average Bonchev–Trinajstić information content (AvgIpc) is 2.48. The Balaban J connectivity index is 0.00000400. The van der Waals surface area contributed by atoms with E-state index in [9.17, 15) is 0 Å². The van der Waals surface area contributed by atoms with Crippen molar-refractivity contribution < 1.29 is 9.47 Å². The summed E-state index contributed by atoms with van der Waals surface area (Å²) in [6.45, 7) is 6.04. The maximum Gasteiger partial charge on any atom is 0.191 e. The van der Waals surface area contributed by atoms with Crippen LogP contribution in [0.15, 0.2) is 4.99 Å². The smallest absolute Gasteiger partial charge is 0.191 e. The summed E-state index contributed by atoms with van der Waals surface area (Å²) in [5, 5.41) is 6.46. The third-order valence-electron chi connectivity index (χ3n) is 3.42. The van der Waals surface area contributed by atoms with Gasteiger partial charge in [-0.15, -0.1) is 24.0 Å². The van der Waals surface area contributed by atoms with Crippen molar-refractivity contribution in [3.63, 3.8) is 0 Å². The first-order chi connectivity index (χ1) is 9.86. The van der Waals surface area contributed by atoms with Gasteiger partial charge in [0, 0.05) is 33.4 Å². The second kappa shape index (κ2) is 14.8. The van der Waals surface area contributed by atoms with E-state index in [1.165, 1.54) is 32.1 Å². The third kappa shape index (κ3) is 11.2. The van der Waals surface area contributed by atoms with Crippen LogP contribution in [0.5, 0.6) is 0 Å². The fraction of sp³-hybridized carbons (Fsp3) is 0.933. The lowest BCUT2D eigenvalue weighted by molar-refractivity contribution is 0.0281. The van der Waals surface area contributed by atoms with E-state index in [0.29, 0.717) is 12.7 Å². The van der Waals surface area contributed by atoms with Gasteiger partial charge in [0.25, 0.3) is 0 Å². The lowest BCUT2D eigenvalue weighted by Crippen LogP contribution is -2.39. The van der Waals surface area contributed by atoms with Crippen LogP contribution in [-0.2, 0) is 9.47 Å². The first-order valence-electron chi connectivity index (χ1n) is 7.99. The number of hydrogen-bond donors (Lipinski definition) is 2. The van der Waals surface area contributed by atoms with Gasteiger partial charge >= 0.3 is 0 Å². The molecule has 0 aromatic carbocycles. The van der Waals surface area contributed by atoms with E-state index in [1.54, 1.807) is 7.11 Å². The highest BCUT2D eigenvalue weighted by molar-refractivity contribution is 14.0. The summed E-state index contributed by atoms with van der Waals surface area (Å²) in [6.07, 6.45) is 8.00. The molecule has 0 amide bonds. The molecule has 0 spiro atoms. The van der Waals surface area contributed by atoms with Crippen LogP contribution in [0.25, 0.3) is 0 Å². The number of nitrogens with zero attached hydrogens (tertiary/aromatic N) is 1. The zero-order valence-electron chi connectivity index (χ0n) is 13.5. The molecule has 0 bridgehead atoms. The monoisotopic (exact) mass is 413 g/mol. The molecular weight excluding hydrogens is 381 g/mol. The standard InChI is InChI=1S/C15H31N3O2.HI/c1-3-16-15(18-11-13-19-2)17-10-7-12-20-14-8-5-4-6-9-14;/h14H,3-13H2,1-2H3,(H2,16,17,18);1H. The zero-order valence-corrected chi connectivity index (χ0v) is 15.9. The van der Waals surface area contributed by atoms with Gasteiger partial charge in [0.05, 0.1) is 12.7 Å². The van der Waals surface area contributed by atoms with Gasteiger partial charge in [-0.1, -0.05) is 19.3 Å². The predicted molar refractivity (Wildman–Crippen MR) is 98.7 cm³/mol. The molecule has 5 nitrogen and oxygen atoms in total. The first-order valence-corrected chi connectivity index (χ1v) is 7.99. The molecule has 21 heavy (non-hydrogen) atoms. The number of ether oxygens (including phenoxy) is 2. The summed E-state index contributed by atoms with van der Waals surface area (Å²) in [4.78, 5) is 4.53. The van der Waals surface area contributed by atoms with E-state index in [4.69, 9.17) is 9.47 Å². The van der Waals surface area contributed by atoms with Gasteiger partial charge < -0.3 is 20.1 Å². The van der Waals surface area contributed by atoms with Crippen LogP contribution in [-0.4, -0.2) is 52.0 Å². The van der Waals surface area contributed by atoms with Gasteiger partial charge in [-0.05, 0) is 26.2 Å². The Kier molecular flexibility index (Phi) is 14.8. The van der Waals surface area contributed by atoms with Gasteiger partial charge in [-0.25, -0.2) is 0 Å². The fourth-order valence-electron chi connectivity index (χ4n) is 2.35. The van der Waals surface area contributed by atoms with E-state index in [2.05, 4.69) is 22.5 Å². The summed E-state index contributed by atoms with van der Waals surface area (Å²) >= 11 is 0. The van der Waals surface area contributed by atoms with E-state index in [-0.39, 0.29) is 24.0 Å². The molecule has 1 fully saturated rings. The summed E-state index contributed by atoms with van der Waals surface area (Å²) in [5.74, 6) is 0.863. The van der Waals surface area contributed by atoms with E-state index in [1.807, 2.05) is 0 Å². The van der Waals surface area contributed by atoms with Crippen molar-refractivity contribution in [2.24, 2.45) is 4.99 Å². The molecule has 0 aromatic heterocycles. The summed E-state index contributed by atoms with van der Waals surface area (Å²) < 4.78 is 10.9. The van der Waals surface area contributed by atoms with Crippen LogP contribution in [0.4, 0.5) is 0 Å². The number of rotatable bonds is 9. The molecule has 0 radical (unpaired) electrons. The van der Waals surface area contributed by atoms with Crippen LogP contribution >= 0.6 is 24.0 Å². The molecule has 0 aromatic rings. The molecule has 2 N–H and O–H groups in total. The van der Waals surface area contributed by atoms with Crippen molar-refractivity contribution >= 4 is 29.9 Å². The number of hydrogen-bond acceptors (Lipinski definition) is 3. The molecule has 1 aliphatic rings. The molecule has 0 heterocycles. The van der Waals surface area contributed by atoms with Crippen molar-refractivity contribution in [2.75, 3.05) is 40.0 Å². The van der Waals surface area contributed by atoms with Gasteiger partial charge in [-0.2, -0.15) is 0 Å². The van der Waals surface area contributed by atoms with Gasteiger partial charge in [0.2, 0.25) is 0 Å². The minimum absolute atomic E-state index is 0. The number of methoxy groups -OCH3 is 1. The Labute approximate surface area is 146 Å². The number of aliphatic imine (C=N–C) groups is 1. The minimum atomic E-state index is 0. The van der Waals surface area contributed by atoms with Crippen LogP contribution in [0, 0.1) is 0 Å². The minimum Gasteiger partial charge on any atom is -0.383 e. The zero-order chi connectivity index (χ0) is 14.5. The van der Waals surface area contributed by atoms with Crippen molar-refractivity contribution in [3.8, 4) is 0 Å². The SMILES string of the molecule is CCNC(=NCCCOC1CCCCC1)NCCOC.I. The fourth-order valence-corrected chi connectivity index (χ4v) is 2.35. The molecule has 1 saturated carbocycles. The molecule has 1 rings (SSSR count). The number of guanidine groups is 1. The van der Waals surface area contributed by atoms with E-state index in [0.717, 1.165) is 38.6 Å². The molecule has 0 unspecified atom stereocenters. The topological polar surface area (TPSA) is 54.9 Å². The Morgan fingerprint density at radius 3 is 2.57 bits per heavy atom. The predicted octanol–water partition coefficient (Wildman–Crippen LogP) is 2.55. The largest absolute Gasteiger partial charge is 0.383 e. The Hall–Kier alpha value is -0.0800. The highest BCUT2D eigenvalue weighted by Gasteiger charge is 2.12. The molecule has 0 saturated heterocycles. The van der Waals surface area contributed by atoms with Crippen molar-refractivity contribution in [3.05, 3.63) is 0 Å². The van der Waals surface area contributed by atoms with Crippen molar-refractivity contribution in [2.45, 2.75) is 51.6 Å². The molecule has 126 valence electrons. The average molecular weight is 413 g/mol. The van der Waals surface area contributed by atoms with E-state index < -0.39 is 0 Å². The molecule has 1 aliphatic carbocycles. The Bertz CT molecular complexity index is 259. The third-order valence-corrected chi connectivity index (χ3v) is 3.42. The summed E-state index contributed by atoms with van der Waals surface area (Å²) in [6, 6.07) is 0. The summed E-state index contributed by atoms with van der Waals surface area (Å²) in [7, 11) is 1.70. The van der Waals surface area contributed by atoms with Crippen molar-refractivity contribution in [1.82, 2.24) is 10.6 Å². The van der Waals surface area contributed by atoms with Gasteiger partial charge in [0.15, 0.2) is 5.96 Å². The maximum atomic E-state index is 5.89. The Morgan fingerprint density at radius 2 is 1.90 bits per heavy atom. The molecule has 0 aliphatic heterocycles. The first kappa shape index (κ1) is 20.9. The second-order valence-corrected chi connectivity index (χ2v) is 5.16. The number of nitrogens with one attached hydrogen (secondary N) is 2. The second-order valence-electron chi connectivity index (χ2n) is 5.16. The Morgan fingerprint density at radius 1 is 1.14 bits per heavy atom. The molecular formula is C15H32IN3O2. The normalized spacial score (nSPS) is 16.4. The van der Waals surface area contributed by atoms with Gasteiger partial charge in [0.1, 0.15) is 0 Å². The summed E-state index contributed by atoms with van der Waals surface area (Å²) in [5.41, 5.74) is 0. The lowest BCUT2D eigenvalue weighted by atomic mass is 9.98. The molecule has 6 heteroatoms. The van der Waals surface area contributed by atoms with Crippen LogP contribution in [0.3, 0.4) is 0 Å². The molecule has 0 atom stereocenters.